The number of hydrogen-bond acceptors (Lipinski definition) is 3. The average molecular weight is 653 g/mol. The normalized spacial score (nSPS) is 31.8. The van der Waals surface area contributed by atoms with Crippen LogP contribution in [0.5, 0.6) is 0 Å². The zero-order chi connectivity index (χ0) is 25.0. The van der Waals surface area contributed by atoms with Crippen molar-refractivity contribution >= 4 is 48.2 Å². The van der Waals surface area contributed by atoms with E-state index in [1.54, 1.807) is 0 Å². The van der Waals surface area contributed by atoms with Gasteiger partial charge in [-0.05, 0) is 88.3 Å². The first-order valence-electron chi connectivity index (χ1n) is 13.1. The van der Waals surface area contributed by atoms with Gasteiger partial charge < -0.3 is 4.43 Å². The molecule has 2 fully saturated rings. The van der Waals surface area contributed by atoms with Crippen molar-refractivity contribution in [3.05, 3.63) is 0 Å². The summed E-state index contributed by atoms with van der Waals surface area (Å²) in [6.45, 7) is 19.6. The first kappa shape index (κ1) is 32.0. The Kier molecular flexibility index (Phi) is 16.2. The molecule has 0 aromatic heterocycles. The van der Waals surface area contributed by atoms with Gasteiger partial charge in [-0.3, -0.25) is 9.98 Å². The minimum absolute atomic E-state index is 0.463. The van der Waals surface area contributed by atoms with Crippen LogP contribution in [0.15, 0.2) is 9.98 Å². The first-order chi connectivity index (χ1) is 15.5. The molecule has 0 saturated heterocycles. The summed E-state index contributed by atoms with van der Waals surface area (Å²) in [5.74, 6) is 2.76. The molecule has 4 atom stereocenters. The molecule has 0 aromatic rings. The van der Waals surface area contributed by atoms with Crippen LogP contribution in [0, 0.1) is 23.7 Å². The van der Waals surface area contributed by atoms with Crippen molar-refractivity contribution < 1.29 is 15.3 Å². The maximum atomic E-state index is 6.15. The summed E-state index contributed by atoms with van der Waals surface area (Å²) in [6.07, 6.45) is 11.1. The van der Waals surface area contributed by atoms with Crippen molar-refractivity contribution in [1.82, 2.24) is 0 Å². The summed E-state index contributed by atoms with van der Waals surface area (Å²) in [4.78, 5) is 10.9. The number of hydrogen-bond donors (Lipinski definition) is 0. The van der Waals surface area contributed by atoms with Crippen molar-refractivity contribution in [3.8, 4) is 0 Å². The topological polar surface area (TPSA) is 34.0 Å². The third-order valence-corrected chi connectivity index (χ3v) is 8.41. The molecule has 4 unspecified atom stereocenters. The average Bonchev–Trinajstić information content (AvgIpc) is 2.72. The summed E-state index contributed by atoms with van der Waals surface area (Å²) in [5.41, 5.74) is 2.59. The summed E-state index contributed by atoms with van der Waals surface area (Å²) in [5, 5.41) is 0. The molecule has 2 saturated carbocycles. The SMILES string of the molecule is CCC(=NC1C(C)CCCC1C)C(CCCO[Si](C)(C)C)=NC1C(C)CCCC1C.[Br][Ni][Br]. The summed E-state index contributed by atoms with van der Waals surface area (Å²) < 4.78 is 6.15. The van der Waals surface area contributed by atoms with Gasteiger partial charge in [-0.15, -0.1) is 0 Å². The van der Waals surface area contributed by atoms with Crippen molar-refractivity contribution in [2.45, 2.75) is 124 Å². The Labute approximate surface area is 226 Å². The molecule has 0 aromatic carbocycles. The molecule has 0 heterocycles. The predicted molar refractivity (Wildman–Crippen MR) is 153 cm³/mol. The molecule has 0 aliphatic heterocycles. The van der Waals surface area contributed by atoms with E-state index in [2.05, 4.69) is 82.7 Å². The van der Waals surface area contributed by atoms with Gasteiger partial charge in [0.2, 0.25) is 0 Å². The van der Waals surface area contributed by atoms with Crippen LogP contribution in [0.4, 0.5) is 0 Å². The van der Waals surface area contributed by atoms with E-state index in [4.69, 9.17) is 14.4 Å². The summed E-state index contributed by atoms with van der Waals surface area (Å²) in [7, 11) is -0.203. The molecule has 3 nitrogen and oxygen atoms in total. The Morgan fingerprint density at radius 3 is 1.58 bits per heavy atom. The second-order valence-corrected chi connectivity index (χ2v) is 20.9. The number of nitrogens with zero attached hydrogens (tertiary/aromatic N) is 2. The number of rotatable bonds is 9. The van der Waals surface area contributed by atoms with E-state index in [9.17, 15) is 0 Å². The Balaban J connectivity index is 0.00000172. The standard InChI is InChI=1S/C26H50N2OSi.2BrH.Ni/c1-9-23(27-25-19(2)13-10-14-20(25)3)24(17-12-18-29-30(6,7)8)28-26-21(4)15-11-16-22(26)5;;;/h19-22,25-26H,9-18H2,1-8H3;2*1H;/q;;;+2/p-2. The summed E-state index contributed by atoms with van der Waals surface area (Å²) >= 11 is 6.00. The molecule has 2 aliphatic carbocycles. The molecule has 0 bridgehead atoms. The van der Waals surface area contributed by atoms with E-state index in [0.29, 0.717) is 35.8 Å². The van der Waals surface area contributed by atoms with E-state index in [-0.39, 0.29) is 0 Å². The van der Waals surface area contributed by atoms with Crippen LogP contribution in [-0.2, 0) is 15.3 Å². The molecule has 0 spiro atoms. The molecular formula is C26H50Br2N2NiOSi. The van der Waals surface area contributed by atoms with Gasteiger partial charge in [0.15, 0.2) is 8.32 Å². The summed E-state index contributed by atoms with van der Waals surface area (Å²) in [6, 6.07) is 0.933. The Morgan fingerprint density at radius 1 is 0.818 bits per heavy atom. The van der Waals surface area contributed by atoms with Crippen LogP contribution in [-0.4, -0.2) is 38.4 Å². The van der Waals surface area contributed by atoms with Crippen LogP contribution in [0.3, 0.4) is 0 Å². The quantitative estimate of drug-likeness (QED) is 0.139. The van der Waals surface area contributed by atoms with Crippen LogP contribution in [0.25, 0.3) is 0 Å². The fourth-order valence-corrected chi connectivity index (χ4v) is 6.23. The van der Waals surface area contributed by atoms with E-state index < -0.39 is 8.32 Å². The van der Waals surface area contributed by atoms with Crippen LogP contribution in [0.1, 0.15) is 92.4 Å². The van der Waals surface area contributed by atoms with E-state index in [1.165, 1.54) is 60.8 Å². The van der Waals surface area contributed by atoms with Crippen LogP contribution < -0.4 is 0 Å². The van der Waals surface area contributed by atoms with Crippen molar-refractivity contribution in [2.24, 2.45) is 33.7 Å². The third-order valence-electron chi connectivity index (χ3n) is 7.34. The first-order valence-corrected chi connectivity index (χ1v) is 21.4. The third kappa shape index (κ3) is 12.2. The monoisotopic (exact) mass is 650 g/mol. The van der Waals surface area contributed by atoms with Gasteiger partial charge in [-0.2, -0.15) is 0 Å². The van der Waals surface area contributed by atoms with Gasteiger partial charge >= 0.3 is 39.3 Å². The van der Waals surface area contributed by atoms with Crippen molar-refractivity contribution in [1.29, 1.82) is 0 Å². The van der Waals surface area contributed by atoms with Crippen LogP contribution >= 0.6 is 28.5 Å². The predicted octanol–water partition coefficient (Wildman–Crippen LogP) is 9.25. The van der Waals surface area contributed by atoms with Crippen molar-refractivity contribution in [3.63, 3.8) is 0 Å². The second-order valence-electron chi connectivity index (χ2n) is 11.4. The van der Waals surface area contributed by atoms with Gasteiger partial charge in [0.25, 0.3) is 0 Å². The van der Waals surface area contributed by atoms with Gasteiger partial charge in [-0.25, -0.2) is 0 Å². The molecule has 0 N–H and O–H groups in total. The van der Waals surface area contributed by atoms with Gasteiger partial charge in [0.05, 0.1) is 23.5 Å². The van der Waals surface area contributed by atoms with Gasteiger partial charge in [0.1, 0.15) is 0 Å². The minimum atomic E-state index is -1.45. The Morgan fingerprint density at radius 2 is 1.21 bits per heavy atom. The molecule has 198 valence electrons. The number of aliphatic imine (C=N–C) groups is 2. The Hall–Kier alpha value is 0.970. The molecule has 7 heteroatoms. The van der Waals surface area contributed by atoms with E-state index in [1.807, 2.05) is 0 Å². The Bertz CT molecular complexity index is 592. The fourth-order valence-electron chi connectivity index (χ4n) is 5.47. The van der Waals surface area contributed by atoms with E-state index in [0.717, 1.165) is 25.9 Å². The number of halogens is 2. The molecule has 2 aliphatic rings. The molecule has 0 amide bonds. The molecule has 2 rings (SSSR count). The zero-order valence-electron chi connectivity index (χ0n) is 22.4. The molecule has 33 heavy (non-hydrogen) atoms. The van der Waals surface area contributed by atoms with Crippen molar-refractivity contribution in [2.75, 3.05) is 6.61 Å². The second kappa shape index (κ2) is 16.7. The van der Waals surface area contributed by atoms with Crippen LogP contribution in [0.2, 0.25) is 19.6 Å². The fraction of sp³-hybridized carbons (Fsp3) is 0.923. The van der Waals surface area contributed by atoms with Gasteiger partial charge in [0, 0.05) is 6.61 Å². The van der Waals surface area contributed by atoms with E-state index >= 15 is 0 Å². The zero-order valence-corrected chi connectivity index (χ0v) is 27.6. The molecular weight excluding hydrogens is 603 g/mol. The van der Waals surface area contributed by atoms with Gasteiger partial charge in [-0.1, -0.05) is 47.5 Å². The molecule has 0 radical (unpaired) electrons. The maximum absolute atomic E-state index is 6.15.